The van der Waals surface area contributed by atoms with Gasteiger partial charge >= 0.3 is 5.69 Å². The van der Waals surface area contributed by atoms with Gasteiger partial charge in [0.05, 0.1) is 25.9 Å². The van der Waals surface area contributed by atoms with E-state index in [-0.39, 0.29) is 31.1 Å². The van der Waals surface area contributed by atoms with Crippen LogP contribution in [0.15, 0.2) is 107 Å². The van der Waals surface area contributed by atoms with Crippen LogP contribution in [0.2, 0.25) is 5.04 Å². The summed E-state index contributed by atoms with van der Waals surface area (Å²) in [6, 6.07) is 30.5. The second kappa shape index (κ2) is 14.8. The molecule has 5 rings (SSSR count). The fourth-order valence-corrected chi connectivity index (χ4v) is 10.9. The third-order valence-electron chi connectivity index (χ3n) is 8.52. The van der Waals surface area contributed by atoms with E-state index in [1.165, 1.54) is 4.57 Å². The minimum atomic E-state index is -2.85. The topological polar surface area (TPSA) is 107 Å². The number of rotatable bonds is 13. The summed E-state index contributed by atoms with van der Waals surface area (Å²) < 4.78 is 28.3. The van der Waals surface area contributed by atoms with Gasteiger partial charge in [-0.1, -0.05) is 112 Å². The van der Waals surface area contributed by atoms with Gasteiger partial charge in [-0.05, 0) is 27.9 Å². The summed E-state index contributed by atoms with van der Waals surface area (Å²) in [5.41, 5.74) is 6.29. The molecule has 1 aliphatic heterocycles. The summed E-state index contributed by atoms with van der Waals surface area (Å²) in [4.78, 5) is 26.7. The maximum Gasteiger partial charge on any atom is 0.335 e. The fraction of sp³-hybridized carbons (Fsp3) is 0.389. The molecule has 9 nitrogen and oxygen atoms in total. The number of nitrogens with two attached hydrogens (primary N) is 1. The third kappa shape index (κ3) is 7.17. The summed E-state index contributed by atoms with van der Waals surface area (Å²) >= 11 is 0. The fourth-order valence-electron chi connectivity index (χ4n) is 6.29. The molecule has 1 aromatic heterocycles. The normalized spacial score (nSPS) is 18.6. The molecule has 0 saturated carbocycles. The van der Waals surface area contributed by atoms with E-state index in [4.69, 9.17) is 24.4 Å². The van der Waals surface area contributed by atoms with Crippen molar-refractivity contribution < 1.29 is 18.6 Å². The van der Waals surface area contributed by atoms with Crippen molar-refractivity contribution in [2.45, 2.75) is 70.9 Å². The van der Waals surface area contributed by atoms with Gasteiger partial charge in [0.1, 0.15) is 19.1 Å². The zero-order valence-electron chi connectivity index (χ0n) is 27.1. The lowest BCUT2D eigenvalue weighted by molar-refractivity contribution is -0.0588. The lowest BCUT2D eigenvalue weighted by Gasteiger charge is -2.43. The Morgan fingerprint density at radius 1 is 0.913 bits per heavy atom. The van der Waals surface area contributed by atoms with Crippen LogP contribution in [-0.2, 0) is 32.0 Å². The van der Waals surface area contributed by atoms with Crippen LogP contribution >= 0.6 is 0 Å². The van der Waals surface area contributed by atoms with Crippen LogP contribution in [0.5, 0.6) is 0 Å². The minimum absolute atomic E-state index is 0.172. The molecule has 2 heterocycles. The standard InChI is InChI=1S/C36H45N3O6Si/c1-27-23-38(35(41)39(34(27)40)26-42-24-28-14-8-5-9-15-28)33-22-31(43-21-20-37)32(45-33)25-44-46(36(2,3)4,29-16-10-6-11-17-29)30-18-12-7-13-19-30/h5-19,23,31-33H,20-22,24-26,37H2,1-4H3/t31-,32+,33+/m0/s1. The molecule has 0 aliphatic carbocycles. The summed E-state index contributed by atoms with van der Waals surface area (Å²) in [7, 11) is -2.85. The number of nitrogens with zero attached hydrogens (tertiary/aromatic N) is 2. The van der Waals surface area contributed by atoms with Gasteiger partial charge < -0.3 is 24.4 Å². The minimum Gasteiger partial charge on any atom is -0.405 e. The molecule has 244 valence electrons. The molecule has 0 amide bonds. The summed E-state index contributed by atoms with van der Waals surface area (Å²) in [6.45, 7) is 9.43. The van der Waals surface area contributed by atoms with Gasteiger partial charge in [0.15, 0.2) is 0 Å². The molecule has 1 saturated heterocycles. The van der Waals surface area contributed by atoms with Crippen LogP contribution in [0.3, 0.4) is 0 Å². The second-order valence-corrected chi connectivity index (χ2v) is 17.0. The van der Waals surface area contributed by atoms with E-state index < -0.39 is 31.9 Å². The number of hydrogen-bond acceptors (Lipinski definition) is 7. The predicted octanol–water partition coefficient (Wildman–Crippen LogP) is 3.70. The van der Waals surface area contributed by atoms with Gasteiger partial charge in [-0.25, -0.2) is 9.36 Å². The average molecular weight is 644 g/mol. The Morgan fingerprint density at radius 3 is 2.07 bits per heavy atom. The summed E-state index contributed by atoms with van der Waals surface area (Å²) in [5, 5.41) is 2.11. The Morgan fingerprint density at radius 2 is 1.50 bits per heavy atom. The molecule has 10 heteroatoms. The molecule has 3 atom stereocenters. The first-order valence-corrected chi connectivity index (χ1v) is 17.7. The van der Waals surface area contributed by atoms with Crippen LogP contribution < -0.4 is 27.4 Å². The Labute approximate surface area is 271 Å². The molecule has 4 aromatic rings. The zero-order valence-corrected chi connectivity index (χ0v) is 28.1. The molecular weight excluding hydrogens is 598 g/mol. The van der Waals surface area contributed by atoms with Crippen molar-refractivity contribution in [3.8, 4) is 0 Å². The first-order chi connectivity index (χ1) is 22.2. The first-order valence-electron chi connectivity index (χ1n) is 15.8. The van der Waals surface area contributed by atoms with E-state index in [0.717, 1.165) is 20.5 Å². The Bertz CT molecular complexity index is 1630. The molecule has 0 spiro atoms. The van der Waals surface area contributed by atoms with Gasteiger partial charge in [0, 0.05) is 24.7 Å². The largest absolute Gasteiger partial charge is 0.405 e. The zero-order chi connectivity index (χ0) is 32.7. The first kappa shape index (κ1) is 33.7. The highest BCUT2D eigenvalue weighted by Crippen LogP contribution is 2.38. The maximum absolute atomic E-state index is 13.7. The lowest BCUT2D eigenvalue weighted by Crippen LogP contribution is -2.67. The quantitative estimate of drug-likeness (QED) is 0.222. The smallest absolute Gasteiger partial charge is 0.335 e. The number of ether oxygens (including phenoxy) is 3. The highest BCUT2D eigenvalue weighted by Gasteiger charge is 2.51. The van der Waals surface area contributed by atoms with E-state index in [1.54, 1.807) is 13.1 Å². The third-order valence-corrected chi connectivity index (χ3v) is 13.5. The van der Waals surface area contributed by atoms with Gasteiger partial charge in [-0.2, -0.15) is 0 Å². The molecule has 0 radical (unpaired) electrons. The van der Waals surface area contributed by atoms with E-state index >= 15 is 0 Å². The predicted molar refractivity (Wildman–Crippen MR) is 182 cm³/mol. The van der Waals surface area contributed by atoms with Crippen molar-refractivity contribution in [3.05, 3.63) is 129 Å². The highest BCUT2D eigenvalue weighted by molar-refractivity contribution is 6.99. The van der Waals surface area contributed by atoms with Crippen LogP contribution in [0.1, 0.15) is 44.5 Å². The van der Waals surface area contributed by atoms with E-state index in [2.05, 4.69) is 69.3 Å². The van der Waals surface area contributed by atoms with Gasteiger partial charge in [-0.15, -0.1) is 0 Å². The molecule has 0 bridgehead atoms. The number of aromatic nitrogens is 2. The van der Waals surface area contributed by atoms with Crippen LogP contribution in [0, 0.1) is 6.92 Å². The van der Waals surface area contributed by atoms with Gasteiger partial charge in [0.25, 0.3) is 13.9 Å². The SMILES string of the molecule is Cc1cn([C@H]2C[C@H](OCCN)[C@@H](CO[Si](c3ccccc3)(c3ccccc3)C(C)(C)C)O2)c(=O)n(COCc2ccccc2)c1=O. The average Bonchev–Trinajstić information content (AvgIpc) is 3.47. The lowest BCUT2D eigenvalue weighted by atomic mass is 10.2. The van der Waals surface area contributed by atoms with Crippen LogP contribution in [0.25, 0.3) is 0 Å². The van der Waals surface area contributed by atoms with Crippen molar-refractivity contribution in [1.29, 1.82) is 0 Å². The van der Waals surface area contributed by atoms with Crippen molar-refractivity contribution in [1.82, 2.24) is 9.13 Å². The molecule has 2 N–H and O–H groups in total. The molecule has 46 heavy (non-hydrogen) atoms. The second-order valence-electron chi connectivity index (χ2n) is 12.7. The molecule has 1 aliphatic rings. The number of hydrogen-bond donors (Lipinski definition) is 1. The van der Waals surface area contributed by atoms with E-state index in [0.29, 0.717) is 25.1 Å². The number of benzene rings is 3. The Kier molecular flexibility index (Phi) is 10.9. The Balaban J connectivity index is 1.43. The van der Waals surface area contributed by atoms with E-state index in [9.17, 15) is 9.59 Å². The van der Waals surface area contributed by atoms with Crippen LogP contribution in [0.4, 0.5) is 0 Å². The summed E-state index contributed by atoms with van der Waals surface area (Å²) in [6.07, 6.45) is 0.461. The monoisotopic (exact) mass is 643 g/mol. The molecular formula is C36H45N3O6Si. The van der Waals surface area contributed by atoms with Crippen molar-refractivity contribution in [2.24, 2.45) is 5.73 Å². The molecule has 0 unspecified atom stereocenters. The number of aryl methyl sites for hydroxylation is 1. The van der Waals surface area contributed by atoms with Gasteiger partial charge in [-0.3, -0.25) is 9.36 Å². The maximum atomic E-state index is 13.7. The molecule has 1 fully saturated rings. The van der Waals surface area contributed by atoms with Crippen LogP contribution in [-0.4, -0.2) is 49.4 Å². The van der Waals surface area contributed by atoms with Gasteiger partial charge in [0.2, 0.25) is 0 Å². The van der Waals surface area contributed by atoms with Crippen molar-refractivity contribution >= 4 is 18.7 Å². The highest BCUT2D eigenvalue weighted by atomic mass is 28.4. The molecule has 3 aromatic carbocycles. The summed E-state index contributed by atoms with van der Waals surface area (Å²) in [5.74, 6) is 0. The van der Waals surface area contributed by atoms with Crippen molar-refractivity contribution in [3.63, 3.8) is 0 Å². The Hall–Kier alpha value is -3.64. The van der Waals surface area contributed by atoms with E-state index in [1.807, 2.05) is 42.5 Å². The van der Waals surface area contributed by atoms with Crippen molar-refractivity contribution in [2.75, 3.05) is 19.8 Å².